The van der Waals surface area contributed by atoms with Crippen LogP contribution in [-0.2, 0) is 4.79 Å². The summed E-state index contributed by atoms with van der Waals surface area (Å²) < 4.78 is 0. The van der Waals surface area contributed by atoms with Crippen molar-refractivity contribution in [3.05, 3.63) is 34.9 Å². The molecule has 118 valence electrons. The fraction of sp³-hybridized carbons (Fsp3) is 0.500. The number of carbonyl (C=O) groups is 2. The Morgan fingerprint density at radius 3 is 2.55 bits per heavy atom. The molecule has 1 atom stereocenters. The highest BCUT2D eigenvalue weighted by Gasteiger charge is 2.33. The maximum absolute atomic E-state index is 12.5. The molecule has 5 nitrogen and oxygen atoms in total. The molecule has 1 saturated heterocycles. The molecule has 0 aromatic heterocycles. The molecule has 22 heavy (non-hydrogen) atoms. The number of aliphatic hydroxyl groups is 1. The van der Waals surface area contributed by atoms with Crippen molar-refractivity contribution >= 4 is 23.4 Å². The summed E-state index contributed by atoms with van der Waals surface area (Å²) in [6.07, 6.45) is 1.59. The molecule has 0 radical (unpaired) electrons. The molecule has 0 spiro atoms. The predicted octanol–water partition coefficient (Wildman–Crippen LogP) is 1.40. The summed E-state index contributed by atoms with van der Waals surface area (Å²) in [6, 6.07) is 6.55. The molecular weight excluding hydrogens is 304 g/mol. The van der Waals surface area contributed by atoms with Gasteiger partial charge in [0.25, 0.3) is 5.91 Å². The number of amides is 2. The van der Waals surface area contributed by atoms with Crippen molar-refractivity contribution < 1.29 is 14.7 Å². The molecule has 3 rings (SSSR count). The van der Waals surface area contributed by atoms with Crippen molar-refractivity contribution in [3.63, 3.8) is 0 Å². The minimum atomic E-state index is -0.707. The second kappa shape index (κ2) is 6.26. The lowest BCUT2D eigenvalue weighted by Crippen LogP contribution is -2.40. The summed E-state index contributed by atoms with van der Waals surface area (Å²) >= 11 is 5.82. The number of aliphatic hydroxyl groups excluding tert-OH is 1. The van der Waals surface area contributed by atoms with Gasteiger partial charge in [0.2, 0.25) is 5.91 Å². The van der Waals surface area contributed by atoms with Crippen LogP contribution in [0.4, 0.5) is 0 Å². The maximum atomic E-state index is 12.5. The predicted molar refractivity (Wildman–Crippen MR) is 82.7 cm³/mol. The summed E-state index contributed by atoms with van der Waals surface area (Å²) in [5.41, 5.74) is 0.472. The van der Waals surface area contributed by atoms with Gasteiger partial charge in [-0.15, -0.1) is 0 Å². The Morgan fingerprint density at radius 2 is 1.91 bits per heavy atom. The van der Waals surface area contributed by atoms with E-state index in [0.717, 1.165) is 12.8 Å². The zero-order chi connectivity index (χ0) is 15.7. The zero-order valence-electron chi connectivity index (χ0n) is 12.2. The number of nitrogens with zero attached hydrogens (tertiary/aromatic N) is 2. The van der Waals surface area contributed by atoms with Crippen LogP contribution in [0.1, 0.15) is 23.2 Å². The van der Waals surface area contributed by atoms with Crippen LogP contribution < -0.4 is 0 Å². The van der Waals surface area contributed by atoms with Gasteiger partial charge in [-0.05, 0) is 43.0 Å². The van der Waals surface area contributed by atoms with Crippen molar-refractivity contribution in [2.45, 2.75) is 18.9 Å². The van der Waals surface area contributed by atoms with Crippen molar-refractivity contribution in [3.8, 4) is 0 Å². The zero-order valence-corrected chi connectivity index (χ0v) is 13.0. The first-order valence-corrected chi connectivity index (χ1v) is 7.91. The molecule has 6 heteroatoms. The summed E-state index contributed by atoms with van der Waals surface area (Å²) in [5, 5.41) is 10.7. The van der Waals surface area contributed by atoms with Crippen molar-refractivity contribution in [1.29, 1.82) is 0 Å². The van der Waals surface area contributed by atoms with Gasteiger partial charge in [-0.1, -0.05) is 11.6 Å². The van der Waals surface area contributed by atoms with E-state index in [-0.39, 0.29) is 24.9 Å². The van der Waals surface area contributed by atoms with Gasteiger partial charge in [0.05, 0.1) is 6.10 Å². The topological polar surface area (TPSA) is 60.9 Å². The highest BCUT2D eigenvalue weighted by Crippen LogP contribution is 2.30. The first kappa shape index (κ1) is 15.3. The number of hydrogen-bond acceptors (Lipinski definition) is 3. The molecule has 2 aliphatic rings. The van der Waals surface area contributed by atoms with Crippen molar-refractivity contribution in [1.82, 2.24) is 9.80 Å². The molecule has 2 amide bonds. The Morgan fingerprint density at radius 1 is 1.23 bits per heavy atom. The molecule has 2 fully saturated rings. The SMILES string of the molecule is O=C1CN(C(=O)c2ccc(Cl)cc2)CC(O)CN1CC1CC1. The van der Waals surface area contributed by atoms with Crippen LogP contribution in [-0.4, -0.2) is 59.0 Å². The molecule has 1 unspecified atom stereocenters. The van der Waals surface area contributed by atoms with Crippen LogP contribution >= 0.6 is 11.6 Å². The second-order valence-electron chi connectivity index (χ2n) is 6.09. The normalized spacial score (nSPS) is 22.6. The molecular formula is C16H19ClN2O3. The van der Waals surface area contributed by atoms with Gasteiger partial charge < -0.3 is 14.9 Å². The summed E-state index contributed by atoms with van der Waals surface area (Å²) in [5.74, 6) is 0.220. The summed E-state index contributed by atoms with van der Waals surface area (Å²) in [4.78, 5) is 27.9. The number of benzene rings is 1. The maximum Gasteiger partial charge on any atom is 0.254 e. The van der Waals surface area contributed by atoms with Crippen LogP contribution in [0.3, 0.4) is 0 Å². The molecule has 1 aromatic carbocycles. The van der Waals surface area contributed by atoms with E-state index in [1.165, 1.54) is 4.90 Å². The van der Waals surface area contributed by atoms with Crippen molar-refractivity contribution in [2.24, 2.45) is 5.92 Å². The molecule has 1 heterocycles. The highest BCUT2D eigenvalue weighted by molar-refractivity contribution is 6.30. The number of β-amino-alcohol motifs (C(OH)–C–C–N with tert-alkyl or cyclic N) is 1. The lowest BCUT2D eigenvalue weighted by Gasteiger charge is -2.21. The lowest BCUT2D eigenvalue weighted by molar-refractivity contribution is -0.131. The van der Waals surface area contributed by atoms with E-state index in [0.29, 0.717) is 29.6 Å². The standard InChI is InChI=1S/C16H19ClN2O3/c17-13-5-3-12(4-6-13)16(22)19-9-14(20)8-18(15(21)10-19)7-11-1-2-11/h3-6,11,14,20H,1-2,7-10H2. The fourth-order valence-electron chi connectivity index (χ4n) is 2.71. The largest absolute Gasteiger partial charge is 0.389 e. The average Bonchev–Trinajstić information content (AvgIpc) is 3.30. The van der Waals surface area contributed by atoms with Gasteiger partial charge in [0.1, 0.15) is 6.54 Å². The molecule has 1 aliphatic heterocycles. The second-order valence-corrected chi connectivity index (χ2v) is 6.52. The Labute approximate surface area is 134 Å². The fourth-order valence-corrected chi connectivity index (χ4v) is 2.84. The van der Waals surface area contributed by atoms with Gasteiger partial charge in [-0.25, -0.2) is 0 Å². The van der Waals surface area contributed by atoms with E-state index in [1.807, 2.05) is 0 Å². The Balaban J connectivity index is 1.71. The van der Waals surface area contributed by atoms with Gasteiger partial charge in [-0.3, -0.25) is 9.59 Å². The van der Waals surface area contributed by atoms with E-state index in [1.54, 1.807) is 29.2 Å². The monoisotopic (exact) mass is 322 g/mol. The van der Waals surface area contributed by atoms with E-state index >= 15 is 0 Å². The quantitative estimate of drug-likeness (QED) is 0.915. The molecule has 1 saturated carbocycles. The Hall–Kier alpha value is -1.59. The van der Waals surface area contributed by atoms with Gasteiger partial charge in [-0.2, -0.15) is 0 Å². The number of carbonyl (C=O) groups excluding carboxylic acids is 2. The first-order valence-electron chi connectivity index (χ1n) is 7.53. The van der Waals surface area contributed by atoms with Gasteiger partial charge >= 0.3 is 0 Å². The molecule has 1 N–H and O–H groups in total. The third-order valence-electron chi connectivity index (χ3n) is 4.09. The summed E-state index contributed by atoms with van der Waals surface area (Å²) in [6.45, 7) is 1.19. The molecule has 1 aliphatic carbocycles. The third-order valence-corrected chi connectivity index (χ3v) is 4.35. The number of halogens is 1. The first-order chi connectivity index (χ1) is 10.5. The van der Waals surface area contributed by atoms with E-state index in [9.17, 15) is 14.7 Å². The van der Waals surface area contributed by atoms with Gasteiger partial charge in [0, 0.05) is 30.2 Å². The molecule has 1 aromatic rings. The van der Waals surface area contributed by atoms with Crippen LogP contribution in [0.5, 0.6) is 0 Å². The minimum absolute atomic E-state index is 0.0191. The average molecular weight is 323 g/mol. The van der Waals surface area contributed by atoms with Crippen LogP contribution in [0.15, 0.2) is 24.3 Å². The van der Waals surface area contributed by atoms with Crippen LogP contribution in [0, 0.1) is 5.92 Å². The third kappa shape index (κ3) is 3.59. The van der Waals surface area contributed by atoms with Crippen molar-refractivity contribution in [2.75, 3.05) is 26.2 Å². The van der Waals surface area contributed by atoms with Crippen LogP contribution in [0.2, 0.25) is 5.02 Å². The number of rotatable bonds is 3. The minimum Gasteiger partial charge on any atom is -0.389 e. The van der Waals surface area contributed by atoms with E-state index < -0.39 is 6.10 Å². The molecule has 0 bridgehead atoms. The summed E-state index contributed by atoms with van der Waals surface area (Å²) in [7, 11) is 0. The van der Waals surface area contributed by atoms with Crippen LogP contribution in [0.25, 0.3) is 0 Å². The lowest BCUT2D eigenvalue weighted by atomic mass is 10.2. The van der Waals surface area contributed by atoms with E-state index in [2.05, 4.69) is 0 Å². The Kier molecular flexibility index (Phi) is 4.36. The highest BCUT2D eigenvalue weighted by atomic mass is 35.5. The Bertz CT molecular complexity index is 571. The van der Waals surface area contributed by atoms with Gasteiger partial charge in [0.15, 0.2) is 0 Å². The smallest absolute Gasteiger partial charge is 0.254 e. The van der Waals surface area contributed by atoms with E-state index in [4.69, 9.17) is 11.6 Å². The number of hydrogen-bond donors (Lipinski definition) is 1.